The van der Waals surface area contributed by atoms with Gasteiger partial charge in [-0.15, -0.1) is 11.3 Å². The third-order valence-electron chi connectivity index (χ3n) is 2.69. The summed E-state index contributed by atoms with van der Waals surface area (Å²) in [6.45, 7) is 0. The van der Waals surface area contributed by atoms with E-state index in [1.165, 1.54) is 35.0 Å². The Kier molecular flexibility index (Phi) is 3.56. The molecule has 106 valence electrons. The van der Waals surface area contributed by atoms with E-state index in [1.54, 1.807) is 6.07 Å². The van der Waals surface area contributed by atoms with Crippen LogP contribution in [0.5, 0.6) is 11.5 Å². The molecule has 0 aliphatic carbocycles. The van der Waals surface area contributed by atoms with Crippen LogP contribution < -0.4 is 4.74 Å². The van der Waals surface area contributed by atoms with Crippen molar-refractivity contribution in [1.82, 2.24) is 4.98 Å². The monoisotopic (exact) mass is 368 g/mol. The highest BCUT2D eigenvalue weighted by Crippen LogP contribution is 2.38. The van der Waals surface area contributed by atoms with Crippen molar-refractivity contribution in [2.24, 2.45) is 0 Å². The van der Waals surface area contributed by atoms with Crippen LogP contribution >= 0.6 is 27.3 Å². The van der Waals surface area contributed by atoms with Gasteiger partial charge < -0.3 is 4.74 Å². The minimum absolute atomic E-state index is 0.0240. The summed E-state index contributed by atoms with van der Waals surface area (Å²) in [6, 6.07) is 7.11. The van der Waals surface area contributed by atoms with Gasteiger partial charge in [0.15, 0.2) is 5.52 Å². The van der Waals surface area contributed by atoms with Crippen LogP contribution in [0.15, 0.2) is 40.3 Å². The summed E-state index contributed by atoms with van der Waals surface area (Å²) >= 11 is 4.44. The molecule has 1 aromatic heterocycles. The highest BCUT2D eigenvalue weighted by atomic mass is 79.9. The first-order valence-electron chi connectivity index (χ1n) is 5.69. The van der Waals surface area contributed by atoms with Gasteiger partial charge in [0, 0.05) is 10.5 Å². The summed E-state index contributed by atoms with van der Waals surface area (Å²) in [5.74, 6) is -0.313. The molecule has 0 fully saturated rings. The van der Waals surface area contributed by atoms with Crippen LogP contribution in [0.4, 0.5) is 10.1 Å². The molecule has 0 aliphatic heterocycles. The first-order chi connectivity index (χ1) is 10.0. The number of hydrogen-bond donors (Lipinski definition) is 0. The second-order valence-corrected chi connectivity index (χ2v) is 5.88. The van der Waals surface area contributed by atoms with Gasteiger partial charge in [-0.25, -0.2) is 9.37 Å². The average Bonchev–Trinajstić information content (AvgIpc) is 2.84. The molecule has 5 nitrogen and oxygen atoms in total. The molecule has 0 bridgehead atoms. The van der Waals surface area contributed by atoms with Gasteiger partial charge in [-0.05, 0) is 24.3 Å². The van der Waals surface area contributed by atoms with E-state index in [0.717, 1.165) is 6.07 Å². The van der Waals surface area contributed by atoms with Gasteiger partial charge in [-0.2, -0.15) is 0 Å². The predicted octanol–water partition coefficient (Wildman–Crippen LogP) is 4.90. The van der Waals surface area contributed by atoms with Gasteiger partial charge in [0.2, 0.25) is 5.75 Å². The van der Waals surface area contributed by atoms with E-state index in [-0.39, 0.29) is 22.7 Å². The maximum absolute atomic E-state index is 13.3. The number of nitrogens with zero attached hydrogens (tertiary/aromatic N) is 2. The largest absolute Gasteiger partial charge is 0.450 e. The van der Waals surface area contributed by atoms with E-state index < -0.39 is 10.7 Å². The quantitative estimate of drug-likeness (QED) is 0.487. The molecule has 0 amide bonds. The van der Waals surface area contributed by atoms with Gasteiger partial charge in [0.1, 0.15) is 11.6 Å². The van der Waals surface area contributed by atoms with Crippen LogP contribution in [0, 0.1) is 15.9 Å². The third-order valence-corrected chi connectivity index (χ3v) is 3.94. The summed E-state index contributed by atoms with van der Waals surface area (Å²) in [5, 5.41) is 11.3. The molecule has 0 atom stereocenters. The van der Waals surface area contributed by atoms with Crippen LogP contribution in [0.3, 0.4) is 0 Å². The first kappa shape index (κ1) is 13.9. The fourth-order valence-electron chi connectivity index (χ4n) is 1.87. The molecule has 21 heavy (non-hydrogen) atoms. The topological polar surface area (TPSA) is 65.3 Å². The SMILES string of the molecule is O=[N+]([O-])c1c(Oc2cc(F)cc(Br)c2)ccc2scnc12. The van der Waals surface area contributed by atoms with Crippen molar-refractivity contribution in [3.8, 4) is 11.5 Å². The smallest absolute Gasteiger partial charge is 0.338 e. The van der Waals surface area contributed by atoms with E-state index >= 15 is 0 Å². The summed E-state index contributed by atoms with van der Waals surface area (Å²) in [4.78, 5) is 14.7. The summed E-state index contributed by atoms with van der Waals surface area (Å²) in [7, 11) is 0. The van der Waals surface area contributed by atoms with Crippen LogP contribution in [-0.2, 0) is 0 Å². The average molecular weight is 369 g/mol. The van der Waals surface area contributed by atoms with Gasteiger partial charge in [0.25, 0.3) is 0 Å². The van der Waals surface area contributed by atoms with Crippen molar-refractivity contribution in [3.63, 3.8) is 0 Å². The number of nitro benzene ring substituents is 1. The van der Waals surface area contributed by atoms with E-state index in [2.05, 4.69) is 20.9 Å². The zero-order chi connectivity index (χ0) is 15.0. The molecule has 1 heterocycles. The Balaban J connectivity index is 2.11. The number of ether oxygens (including phenoxy) is 1. The third kappa shape index (κ3) is 2.72. The molecule has 0 N–H and O–H groups in total. The Labute approximate surface area is 130 Å². The molecule has 0 saturated carbocycles. The van der Waals surface area contributed by atoms with Crippen molar-refractivity contribution < 1.29 is 14.1 Å². The number of rotatable bonds is 3. The van der Waals surface area contributed by atoms with Gasteiger partial charge >= 0.3 is 5.69 Å². The molecule has 3 rings (SSSR count). The number of fused-ring (bicyclic) bond motifs is 1. The molecule has 0 spiro atoms. The van der Waals surface area contributed by atoms with E-state index in [9.17, 15) is 14.5 Å². The lowest BCUT2D eigenvalue weighted by Crippen LogP contribution is -1.95. The molecule has 0 radical (unpaired) electrons. The van der Waals surface area contributed by atoms with Crippen molar-refractivity contribution >= 4 is 43.2 Å². The Morgan fingerprint density at radius 2 is 2.14 bits per heavy atom. The minimum Gasteiger partial charge on any atom is -0.450 e. The number of aromatic nitrogens is 1. The van der Waals surface area contributed by atoms with Crippen LogP contribution in [-0.4, -0.2) is 9.91 Å². The minimum atomic E-state index is -0.550. The van der Waals surface area contributed by atoms with Crippen LogP contribution in [0.2, 0.25) is 0 Å². The Morgan fingerprint density at radius 3 is 2.86 bits per heavy atom. The normalized spacial score (nSPS) is 10.8. The van der Waals surface area contributed by atoms with Gasteiger partial charge in [0.05, 0.1) is 15.1 Å². The Hall–Kier alpha value is -2.06. The van der Waals surface area contributed by atoms with Gasteiger partial charge in [-0.1, -0.05) is 15.9 Å². The molecule has 0 unspecified atom stereocenters. The predicted molar refractivity (Wildman–Crippen MR) is 80.4 cm³/mol. The molecule has 3 aromatic rings. The van der Waals surface area contributed by atoms with Crippen LogP contribution in [0.25, 0.3) is 10.2 Å². The number of thiazole rings is 1. The molecule has 8 heteroatoms. The number of hydrogen-bond acceptors (Lipinski definition) is 5. The summed E-state index contributed by atoms with van der Waals surface area (Å²) in [6.07, 6.45) is 0. The maximum atomic E-state index is 13.3. The Bertz CT molecular complexity index is 832. The van der Waals surface area contributed by atoms with E-state index in [1.807, 2.05) is 0 Å². The molecule has 2 aromatic carbocycles. The van der Waals surface area contributed by atoms with E-state index in [4.69, 9.17) is 4.74 Å². The number of benzene rings is 2. The zero-order valence-corrected chi connectivity index (χ0v) is 12.6. The van der Waals surface area contributed by atoms with Gasteiger partial charge in [-0.3, -0.25) is 10.1 Å². The molecular weight excluding hydrogens is 363 g/mol. The van der Waals surface area contributed by atoms with Crippen molar-refractivity contribution in [2.45, 2.75) is 0 Å². The first-order valence-corrected chi connectivity index (χ1v) is 7.36. The zero-order valence-electron chi connectivity index (χ0n) is 10.2. The Morgan fingerprint density at radius 1 is 1.33 bits per heavy atom. The van der Waals surface area contributed by atoms with Crippen molar-refractivity contribution in [3.05, 3.63) is 56.2 Å². The van der Waals surface area contributed by atoms with Crippen molar-refractivity contribution in [2.75, 3.05) is 0 Å². The lowest BCUT2D eigenvalue weighted by Gasteiger charge is -2.07. The highest BCUT2D eigenvalue weighted by molar-refractivity contribution is 9.10. The molecular formula is C13H6BrFN2O3S. The van der Waals surface area contributed by atoms with E-state index in [0.29, 0.717) is 9.17 Å². The summed E-state index contributed by atoms with van der Waals surface area (Å²) in [5.41, 5.74) is 1.56. The second-order valence-electron chi connectivity index (χ2n) is 4.08. The fourth-order valence-corrected chi connectivity index (χ4v) is 3.00. The molecule has 0 aliphatic rings. The number of halogens is 2. The van der Waals surface area contributed by atoms with Crippen molar-refractivity contribution in [1.29, 1.82) is 0 Å². The fraction of sp³-hybridized carbons (Fsp3) is 0. The lowest BCUT2D eigenvalue weighted by molar-refractivity contribution is -0.384. The highest BCUT2D eigenvalue weighted by Gasteiger charge is 2.22. The summed E-state index contributed by atoms with van der Waals surface area (Å²) < 4.78 is 20.0. The van der Waals surface area contributed by atoms with Crippen LogP contribution in [0.1, 0.15) is 0 Å². The second kappa shape index (κ2) is 5.38. The maximum Gasteiger partial charge on any atom is 0.338 e. The standard InChI is InChI=1S/C13H6BrFN2O3S/c14-7-3-8(15)5-9(4-7)20-10-1-2-11-12(16-6-21-11)13(10)17(18)19/h1-6H. The number of nitro groups is 1. The lowest BCUT2D eigenvalue weighted by atomic mass is 10.2. The molecule has 0 saturated heterocycles.